The van der Waals surface area contributed by atoms with E-state index in [0.717, 1.165) is 17.9 Å². The molecular formula is C12H19N7O2. The van der Waals surface area contributed by atoms with E-state index in [4.69, 9.17) is 0 Å². The minimum atomic E-state index is -0.425. The van der Waals surface area contributed by atoms with Gasteiger partial charge < -0.3 is 10.6 Å². The van der Waals surface area contributed by atoms with Gasteiger partial charge >= 0.3 is 11.7 Å². The van der Waals surface area contributed by atoms with Crippen molar-refractivity contribution in [1.82, 2.24) is 30.3 Å². The number of carbonyl (C=O) groups is 1. The van der Waals surface area contributed by atoms with Gasteiger partial charge in [0.2, 0.25) is 0 Å². The third kappa shape index (κ3) is 3.12. The highest BCUT2D eigenvalue weighted by molar-refractivity contribution is 5.90. The van der Waals surface area contributed by atoms with Crippen LogP contribution in [-0.2, 0) is 6.54 Å². The Labute approximate surface area is 121 Å². The topological polar surface area (TPSA) is 120 Å². The molecule has 2 amide bonds. The van der Waals surface area contributed by atoms with Crippen LogP contribution in [0.3, 0.4) is 0 Å². The molecule has 9 heteroatoms. The van der Waals surface area contributed by atoms with Crippen LogP contribution in [0.15, 0.2) is 4.79 Å². The molecule has 0 unspecified atom stereocenters. The van der Waals surface area contributed by atoms with Crippen LogP contribution in [0, 0.1) is 13.8 Å². The van der Waals surface area contributed by atoms with Crippen molar-refractivity contribution in [1.29, 1.82) is 0 Å². The lowest BCUT2D eigenvalue weighted by Gasteiger charge is -2.12. The molecule has 0 radical (unpaired) electrons. The second kappa shape index (κ2) is 5.81. The van der Waals surface area contributed by atoms with Gasteiger partial charge in [-0.1, -0.05) is 0 Å². The molecule has 21 heavy (non-hydrogen) atoms. The van der Waals surface area contributed by atoms with Gasteiger partial charge in [0.1, 0.15) is 0 Å². The zero-order chi connectivity index (χ0) is 15.6. The summed E-state index contributed by atoms with van der Waals surface area (Å²) in [4.78, 5) is 25.5. The fourth-order valence-electron chi connectivity index (χ4n) is 2.09. The van der Waals surface area contributed by atoms with Gasteiger partial charge in [-0.2, -0.15) is 10.2 Å². The molecule has 2 aromatic heterocycles. The first-order valence-corrected chi connectivity index (χ1v) is 6.68. The molecule has 0 aliphatic rings. The number of urea groups is 1. The minimum absolute atomic E-state index is 0.368. The largest absolute Gasteiger partial charge is 0.340 e. The van der Waals surface area contributed by atoms with Crippen molar-refractivity contribution in [3.63, 3.8) is 0 Å². The first-order chi connectivity index (χ1) is 9.92. The molecule has 0 saturated heterocycles. The number of H-pyrrole nitrogens is 2. The number of anilines is 1. The lowest BCUT2D eigenvalue weighted by Crippen LogP contribution is -2.32. The second-order valence-electron chi connectivity index (χ2n) is 4.74. The average Bonchev–Trinajstić information content (AvgIpc) is 2.97. The number of amides is 2. The van der Waals surface area contributed by atoms with Crippen LogP contribution in [0.25, 0.3) is 0 Å². The quantitative estimate of drug-likeness (QED) is 0.666. The zero-order valence-electron chi connectivity index (χ0n) is 12.4. The molecule has 2 heterocycles. The third-order valence-electron chi connectivity index (χ3n) is 3.20. The third-order valence-corrected chi connectivity index (χ3v) is 3.20. The van der Waals surface area contributed by atoms with Crippen molar-refractivity contribution in [2.24, 2.45) is 0 Å². The Morgan fingerprint density at radius 2 is 2.14 bits per heavy atom. The van der Waals surface area contributed by atoms with Gasteiger partial charge in [0, 0.05) is 6.54 Å². The van der Waals surface area contributed by atoms with Crippen molar-refractivity contribution in [3.8, 4) is 0 Å². The highest BCUT2D eigenvalue weighted by atomic mass is 16.2. The van der Waals surface area contributed by atoms with E-state index in [0.29, 0.717) is 11.5 Å². The molecule has 0 aliphatic heterocycles. The van der Waals surface area contributed by atoms with Gasteiger partial charge in [-0.25, -0.2) is 14.7 Å². The van der Waals surface area contributed by atoms with E-state index in [-0.39, 0.29) is 6.03 Å². The van der Waals surface area contributed by atoms with E-state index < -0.39 is 11.7 Å². The Hall–Kier alpha value is -2.58. The first kappa shape index (κ1) is 14.8. The number of rotatable bonds is 4. The van der Waals surface area contributed by atoms with E-state index in [9.17, 15) is 9.59 Å². The summed E-state index contributed by atoms with van der Waals surface area (Å²) in [5, 5.41) is 15.8. The highest BCUT2D eigenvalue weighted by Crippen LogP contribution is 2.19. The van der Waals surface area contributed by atoms with Gasteiger partial charge in [0.05, 0.1) is 23.1 Å². The fraction of sp³-hybridized carbons (Fsp3) is 0.500. The van der Waals surface area contributed by atoms with Crippen LogP contribution >= 0.6 is 0 Å². The molecular weight excluding hydrogens is 274 g/mol. The summed E-state index contributed by atoms with van der Waals surface area (Å²) in [5.74, 6) is 0.368. The maximum atomic E-state index is 12.0. The Morgan fingerprint density at radius 1 is 1.43 bits per heavy atom. The predicted octanol–water partition coefficient (Wildman–Crippen LogP) is 0.814. The number of hydrogen-bond acceptors (Lipinski definition) is 4. The highest BCUT2D eigenvalue weighted by Gasteiger charge is 2.16. The number of carbonyl (C=O) groups excluding carboxylic acids is 1. The second-order valence-corrected chi connectivity index (χ2v) is 4.74. The van der Waals surface area contributed by atoms with E-state index >= 15 is 0 Å². The zero-order valence-corrected chi connectivity index (χ0v) is 12.4. The molecule has 2 aromatic rings. The molecule has 0 bridgehead atoms. The van der Waals surface area contributed by atoms with Gasteiger partial charge in [-0.3, -0.25) is 9.67 Å². The van der Waals surface area contributed by atoms with E-state index in [1.54, 1.807) is 6.92 Å². The van der Waals surface area contributed by atoms with E-state index in [2.05, 4.69) is 30.9 Å². The summed E-state index contributed by atoms with van der Waals surface area (Å²) >= 11 is 0. The molecule has 1 atom stereocenters. The van der Waals surface area contributed by atoms with E-state index in [1.165, 1.54) is 0 Å². The van der Waals surface area contributed by atoms with Crippen LogP contribution in [0.4, 0.5) is 10.5 Å². The maximum Gasteiger partial charge on any atom is 0.340 e. The number of aryl methyl sites for hydroxylation is 2. The Kier molecular flexibility index (Phi) is 4.10. The monoisotopic (exact) mass is 293 g/mol. The molecule has 0 spiro atoms. The van der Waals surface area contributed by atoms with Gasteiger partial charge in [-0.05, 0) is 27.7 Å². The summed E-state index contributed by atoms with van der Waals surface area (Å²) < 4.78 is 1.82. The van der Waals surface area contributed by atoms with Crippen molar-refractivity contribution in [2.45, 2.75) is 40.3 Å². The molecule has 114 valence electrons. The maximum absolute atomic E-state index is 12.0. The number of hydrogen-bond donors (Lipinski definition) is 4. The molecule has 2 rings (SSSR count). The smallest absolute Gasteiger partial charge is 0.328 e. The van der Waals surface area contributed by atoms with Crippen LogP contribution in [0.2, 0.25) is 0 Å². The van der Waals surface area contributed by atoms with Crippen molar-refractivity contribution < 1.29 is 4.79 Å². The van der Waals surface area contributed by atoms with Crippen LogP contribution < -0.4 is 16.3 Å². The molecule has 0 saturated carbocycles. The summed E-state index contributed by atoms with van der Waals surface area (Å²) in [5.41, 5.74) is 1.93. The van der Waals surface area contributed by atoms with Crippen LogP contribution in [-0.4, -0.2) is 31.0 Å². The normalized spacial score (nSPS) is 12.2. The van der Waals surface area contributed by atoms with Crippen LogP contribution in [0.5, 0.6) is 0 Å². The summed E-state index contributed by atoms with van der Waals surface area (Å²) in [7, 11) is 0. The Morgan fingerprint density at radius 3 is 2.67 bits per heavy atom. The summed E-state index contributed by atoms with van der Waals surface area (Å²) in [6, 6.07) is -0.806. The van der Waals surface area contributed by atoms with E-state index in [1.807, 2.05) is 25.5 Å². The van der Waals surface area contributed by atoms with Crippen LogP contribution in [0.1, 0.15) is 37.1 Å². The SMILES string of the molecule is CCn1nc(C)c(NC(=O)N[C@@H](C)c2n[nH]c(=O)[nH]2)c1C. The lowest BCUT2D eigenvalue weighted by atomic mass is 10.3. The number of aromatic amines is 2. The van der Waals surface area contributed by atoms with Crippen molar-refractivity contribution in [2.75, 3.05) is 5.32 Å². The van der Waals surface area contributed by atoms with Gasteiger partial charge in [0.25, 0.3) is 0 Å². The Bertz CT molecular complexity index is 697. The molecule has 0 aromatic carbocycles. The molecule has 0 aliphatic carbocycles. The van der Waals surface area contributed by atoms with Gasteiger partial charge in [-0.15, -0.1) is 0 Å². The fourth-order valence-corrected chi connectivity index (χ4v) is 2.09. The minimum Gasteiger partial charge on any atom is -0.328 e. The van der Waals surface area contributed by atoms with Crippen molar-refractivity contribution in [3.05, 3.63) is 27.7 Å². The standard InChI is InChI=1S/C12H19N7O2/c1-5-19-8(4)9(6(2)18-19)14-11(20)13-7(3)10-15-12(21)17-16-10/h7H,5H2,1-4H3,(H2,13,14,20)(H2,15,16,17,21)/t7-/m0/s1. The summed E-state index contributed by atoms with van der Waals surface area (Å²) in [6.07, 6.45) is 0. The van der Waals surface area contributed by atoms with Gasteiger partial charge in [0.15, 0.2) is 5.82 Å². The molecule has 4 N–H and O–H groups in total. The first-order valence-electron chi connectivity index (χ1n) is 6.68. The Balaban J connectivity index is 2.05. The molecule has 0 fully saturated rings. The number of aromatic nitrogens is 5. The summed E-state index contributed by atoms with van der Waals surface area (Å²) in [6.45, 7) is 8.18. The number of nitrogens with one attached hydrogen (secondary N) is 4. The molecule has 9 nitrogen and oxygen atoms in total. The predicted molar refractivity (Wildman–Crippen MR) is 77.2 cm³/mol. The number of nitrogens with zero attached hydrogens (tertiary/aromatic N) is 3. The lowest BCUT2D eigenvalue weighted by molar-refractivity contribution is 0.249. The average molecular weight is 293 g/mol. The van der Waals surface area contributed by atoms with Crippen molar-refractivity contribution >= 4 is 11.7 Å².